The van der Waals surface area contributed by atoms with E-state index in [4.69, 9.17) is 16.3 Å². The number of sulfonamides is 1. The first-order valence-corrected chi connectivity index (χ1v) is 12.4. The number of carbonyl (C=O) groups is 1. The van der Waals surface area contributed by atoms with Crippen molar-refractivity contribution in [3.63, 3.8) is 0 Å². The van der Waals surface area contributed by atoms with Gasteiger partial charge in [-0.25, -0.2) is 8.42 Å². The molecule has 1 amide bonds. The Morgan fingerprint density at radius 2 is 1.72 bits per heavy atom. The summed E-state index contributed by atoms with van der Waals surface area (Å²) >= 11 is 6.33. The summed E-state index contributed by atoms with van der Waals surface area (Å²) in [6.45, 7) is 4.69. The molecule has 1 N–H and O–H groups in total. The average Bonchev–Trinajstić information content (AvgIpc) is 2.74. The number of morpholine rings is 1. The first kappa shape index (κ1) is 24.7. The van der Waals surface area contributed by atoms with Crippen molar-refractivity contribution >= 4 is 27.5 Å². The predicted molar refractivity (Wildman–Crippen MR) is 125 cm³/mol. The fourth-order valence-electron chi connectivity index (χ4n) is 3.86. The number of rotatable bonds is 7. The molecule has 0 radical (unpaired) electrons. The Morgan fingerprint density at radius 3 is 2.28 bits per heavy atom. The van der Waals surface area contributed by atoms with Crippen molar-refractivity contribution in [2.45, 2.75) is 37.0 Å². The molecule has 0 unspecified atom stereocenters. The molecule has 1 aliphatic heterocycles. The van der Waals surface area contributed by atoms with Crippen LogP contribution >= 0.6 is 11.6 Å². The highest BCUT2D eigenvalue weighted by Gasteiger charge is 2.32. The van der Waals surface area contributed by atoms with Crippen molar-refractivity contribution in [1.82, 2.24) is 14.5 Å². The normalized spacial score (nSPS) is 20.8. The Labute approximate surface area is 195 Å². The average molecular weight is 480 g/mol. The van der Waals surface area contributed by atoms with Gasteiger partial charge in [-0.2, -0.15) is 4.31 Å². The SMILES string of the molecule is C[C@@H]1CN(S(=O)(=O)c2ccc(C(=O)NC[C@H](c3ccccc3Cl)N(C)C)cc2)C[C@H](C)O1. The summed E-state index contributed by atoms with van der Waals surface area (Å²) in [5, 5.41) is 3.56. The van der Waals surface area contributed by atoms with Crippen molar-refractivity contribution in [3.8, 4) is 0 Å². The number of nitrogens with one attached hydrogen (secondary N) is 1. The second-order valence-corrected chi connectivity index (χ2v) is 10.7. The summed E-state index contributed by atoms with van der Waals surface area (Å²) < 4.78 is 33.0. The predicted octanol–water partition coefficient (Wildman–Crippen LogP) is 3.17. The number of ether oxygens (including phenoxy) is 1. The van der Waals surface area contributed by atoms with Gasteiger partial charge < -0.3 is 15.0 Å². The highest BCUT2D eigenvalue weighted by molar-refractivity contribution is 7.89. The molecule has 0 aliphatic carbocycles. The van der Waals surface area contributed by atoms with Gasteiger partial charge in [-0.15, -0.1) is 0 Å². The minimum Gasteiger partial charge on any atom is -0.373 e. The van der Waals surface area contributed by atoms with Crippen LogP contribution in [0.3, 0.4) is 0 Å². The first-order chi connectivity index (χ1) is 15.1. The van der Waals surface area contributed by atoms with E-state index in [0.29, 0.717) is 30.2 Å². The summed E-state index contributed by atoms with van der Waals surface area (Å²) in [6, 6.07) is 13.5. The van der Waals surface area contributed by atoms with Crippen LogP contribution in [0.1, 0.15) is 35.8 Å². The number of likely N-dealkylation sites (N-methyl/N-ethyl adjacent to an activating group) is 1. The molecule has 0 aromatic heterocycles. The fraction of sp³-hybridized carbons (Fsp3) is 0.435. The lowest BCUT2D eigenvalue weighted by molar-refractivity contribution is -0.0440. The maximum Gasteiger partial charge on any atom is 0.251 e. The first-order valence-electron chi connectivity index (χ1n) is 10.5. The second-order valence-electron chi connectivity index (χ2n) is 8.31. The second kappa shape index (κ2) is 10.3. The van der Waals surface area contributed by atoms with E-state index in [1.807, 2.05) is 57.1 Å². The zero-order valence-electron chi connectivity index (χ0n) is 18.8. The Bertz CT molecular complexity index is 1030. The monoisotopic (exact) mass is 479 g/mol. The van der Waals surface area contributed by atoms with E-state index in [2.05, 4.69) is 5.32 Å². The van der Waals surface area contributed by atoms with E-state index in [1.165, 1.54) is 28.6 Å². The molecular weight excluding hydrogens is 450 g/mol. The molecule has 3 rings (SSSR count). The molecule has 32 heavy (non-hydrogen) atoms. The molecule has 1 aliphatic rings. The molecule has 9 heteroatoms. The fourth-order valence-corrected chi connectivity index (χ4v) is 5.71. The van der Waals surface area contributed by atoms with E-state index in [-0.39, 0.29) is 29.1 Å². The summed E-state index contributed by atoms with van der Waals surface area (Å²) in [4.78, 5) is 14.8. The molecule has 2 aromatic carbocycles. The lowest BCUT2D eigenvalue weighted by Crippen LogP contribution is -2.48. The van der Waals surface area contributed by atoms with Crippen molar-refractivity contribution < 1.29 is 17.9 Å². The van der Waals surface area contributed by atoms with E-state index in [1.54, 1.807) is 0 Å². The van der Waals surface area contributed by atoms with Crippen LogP contribution in [0.15, 0.2) is 53.4 Å². The third-order valence-electron chi connectivity index (χ3n) is 5.48. The van der Waals surface area contributed by atoms with Gasteiger partial charge in [0.25, 0.3) is 5.91 Å². The largest absolute Gasteiger partial charge is 0.373 e. The van der Waals surface area contributed by atoms with Gasteiger partial charge in [-0.1, -0.05) is 29.8 Å². The minimum absolute atomic E-state index is 0.0994. The third kappa shape index (κ3) is 5.68. The van der Waals surface area contributed by atoms with Crippen molar-refractivity contribution in [1.29, 1.82) is 0 Å². The van der Waals surface area contributed by atoms with Gasteiger partial charge in [0.05, 0.1) is 23.1 Å². The zero-order valence-corrected chi connectivity index (χ0v) is 20.4. The number of halogens is 1. The topological polar surface area (TPSA) is 79.0 Å². The summed E-state index contributed by atoms with van der Waals surface area (Å²) in [5.41, 5.74) is 1.32. The Balaban J connectivity index is 1.69. The van der Waals surface area contributed by atoms with E-state index >= 15 is 0 Å². The molecule has 7 nitrogen and oxygen atoms in total. The highest BCUT2D eigenvalue weighted by atomic mass is 35.5. The Kier molecular flexibility index (Phi) is 7.95. The zero-order chi connectivity index (χ0) is 23.5. The van der Waals surface area contributed by atoms with Gasteiger partial charge >= 0.3 is 0 Å². The number of nitrogens with zero attached hydrogens (tertiary/aromatic N) is 2. The van der Waals surface area contributed by atoms with E-state index in [9.17, 15) is 13.2 Å². The van der Waals surface area contributed by atoms with Gasteiger partial charge in [0.2, 0.25) is 10.0 Å². The highest BCUT2D eigenvalue weighted by Crippen LogP contribution is 2.26. The third-order valence-corrected chi connectivity index (χ3v) is 7.67. The number of carbonyl (C=O) groups excluding carboxylic acids is 1. The van der Waals surface area contributed by atoms with Crippen LogP contribution in [0.25, 0.3) is 0 Å². The molecular formula is C23H30ClN3O4S. The van der Waals surface area contributed by atoms with Gasteiger partial charge in [0, 0.05) is 30.2 Å². The number of hydrogen-bond acceptors (Lipinski definition) is 5. The van der Waals surface area contributed by atoms with Crippen LogP contribution in [0, 0.1) is 0 Å². The molecule has 1 fully saturated rings. The van der Waals surface area contributed by atoms with Crippen molar-refractivity contribution in [2.24, 2.45) is 0 Å². The van der Waals surface area contributed by atoms with Crippen LogP contribution in [-0.4, -0.2) is 69.5 Å². The van der Waals surface area contributed by atoms with Crippen LogP contribution in [0.2, 0.25) is 5.02 Å². The molecule has 174 valence electrons. The lowest BCUT2D eigenvalue weighted by atomic mass is 10.1. The molecule has 1 saturated heterocycles. The molecule has 0 saturated carbocycles. The van der Waals surface area contributed by atoms with Crippen LogP contribution < -0.4 is 5.32 Å². The van der Waals surface area contributed by atoms with E-state index in [0.717, 1.165) is 5.56 Å². The van der Waals surface area contributed by atoms with Crippen molar-refractivity contribution in [2.75, 3.05) is 33.7 Å². The molecule has 0 bridgehead atoms. The number of amides is 1. The van der Waals surface area contributed by atoms with Gasteiger partial charge in [-0.3, -0.25) is 4.79 Å². The van der Waals surface area contributed by atoms with Crippen LogP contribution in [-0.2, 0) is 14.8 Å². The van der Waals surface area contributed by atoms with Gasteiger partial charge in [0.15, 0.2) is 0 Å². The maximum atomic E-state index is 13.0. The van der Waals surface area contributed by atoms with E-state index < -0.39 is 10.0 Å². The standard InChI is InChI=1S/C23H30ClN3O4S/c1-16-14-27(15-17(2)31-16)32(29,30)19-11-9-18(10-12-19)23(28)25-13-22(26(3)4)20-7-5-6-8-21(20)24/h5-12,16-17,22H,13-15H2,1-4H3,(H,25,28)/t16-,17+,22-/m1/s1. The Hall–Kier alpha value is -1.97. The Morgan fingerprint density at radius 1 is 1.12 bits per heavy atom. The smallest absolute Gasteiger partial charge is 0.251 e. The number of hydrogen-bond donors (Lipinski definition) is 1. The molecule has 2 aromatic rings. The number of benzene rings is 2. The molecule has 1 heterocycles. The van der Waals surface area contributed by atoms with Gasteiger partial charge in [0.1, 0.15) is 0 Å². The van der Waals surface area contributed by atoms with Crippen LogP contribution in [0.5, 0.6) is 0 Å². The van der Waals surface area contributed by atoms with Crippen molar-refractivity contribution in [3.05, 3.63) is 64.7 Å². The van der Waals surface area contributed by atoms with Crippen LogP contribution in [0.4, 0.5) is 0 Å². The summed E-state index contributed by atoms with van der Waals surface area (Å²) in [7, 11) is 0.200. The molecule has 0 spiro atoms. The van der Waals surface area contributed by atoms with Gasteiger partial charge in [-0.05, 0) is 63.8 Å². The minimum atomic E-state index is -3.65. The quantitative estimate of drug-likeness (QED) is 0.659. The summed E-state index contributed by atoms with van der Waals surface area (Å²) in [5.74, 6) is -0.276. The summed E-state index contributed by atoms with van der Waals surface area (Å²) in [6.07, 6.45) is -0.331. The maximum absolute atomic E-state index is 13.0. The molecule has 3 atom stereocenters. The lowest BCUT2D eigenvalue weighted by Gasteiger charge is -2.34.